The van der Waals surface area contributed by atoms with Crippen molar-refractivity contribution >= 4 is 39.6 Å². The highest BCUT2D eigenvalue weighted by atomic mass is 32.1. The molecule has 0 aliphatic heterocycles. The van der Waals surface area contributed by atoms with Crippen LogP contribution < -0.4 is 11.1 Å². The molecular formula is C9H14N4OS2. The van der Waals surface area contributed by atoms with Gasteiger partial charge in [-0.3, -0.25) is 10.1 Å². The summed E-state index contributed by atoms with van der Waals surface area (Å²) in [4.78, 5) is 12.1. The van der Waals surface area contributed by atoms with Crippen LogP contribution in [0.5, 0.6) is 0 Å². The van der Waals surface area contributed by atoms with Crippen LogP contribution in [0.25, 0.3) is 0 Å². The number of rotatable bonds is 4. The van der Waals surface area contributed by atoms with Gasteiger partial charge in [-0.05, 0) is 12.8 Å². The van der Waals surface area contributed by atoms with Crippen molar-refractivity contribution in [3.8, 4) is 0 Å². The van der Waals surface area contributed by atoms with Crippen LogP contribution in [-0.4, -0.2) is 21.1 Å². The lowest BCUT2D eigenvalue weighted by molar-refractivity contribution is -0.118. The van der Waals surface area contributed by atoms with Crippen LogP contribution in [0, 0.1) is 18.8 Å². The standard InChI is InChI=1S/C9H14N4OS2/c1-4(2)6(7(10)15)8(14)11-9-13-12-5(3)16-9/h4,6H,1-3H3,(H2,10,15)(H,11,13,14). The van der Waals surface area contributed by atoms with E-state index in [9.17, 15) is 4.79 Å². The number of nitrogens with zero attached hydrogens (tertiary/aromatic N) is 2. The maximum absolute atomic E-state index is 11.9. The molecule has 1 amide bonds. The molecule has 0 aromatic carbocycles. The fourth-order valence-electron chi connectivity index (χ4n) is 1.29. The van der Waals surface area contributed by atoms with Gasteiger partial charge >= 0.3 is 0 Å². The Morgan fingerprint density at radius 3 is 2.50 bits per heavy atom. The smallest absolute Gasteiger partial charge is 0.236 e. The Labute approximate surface area is 103 Å². The quantitative estimate of drug-likeness (QED) is 0.797. The summed E-state index contributed by atoms with van der Waals surface area (Å²) in [6.45, 7) is 5.62. The van der Waals surface area contributed by atoms with Crippen molar-refractivity contribution in [3.63, 3.8) is 0 Å². The van der Waals surface area contributed by atoms with Gasteiger partial charge in [0, 0.05) is 0 Å². The molecule has 5 nitrogen and oxygen atoms in total. The minimum Gasteiger partial charge on any atom is -0.393 e. The lowest BCUT2D eigenvalue weighted by Crippen LogP contribution is -2.36. The summed E-state index contributed by atoms with van der Waals surface area (Å²) in [5, 5.41) is 11.6. The number of amides is 1. The maximum atomic E-state index is 11.9. The molecule has 1 aromatic rings. The molecule has 1 atom stereocenters. The van der Waals surface area contributed by atoms with Gasteiger partial charge in [0.1, 0.15) is 5.01 Å². The van der Waals surface area contributed by atoms with E-state index in [0.29, 0.717) is 5.13 Å². The first kappa shape index (κ1) is 13.0. The molecule has 0 fully saturated rings. The van der Waals surface area contributed by atoms with Gasteiger partial charge in [0.15, 0.2) is 0 Å². The molecule has 1 heterocycles. The largest absolute Gasteiger partial charge is 0.393 e. The summed E-state index contributed by atoms with van der Waals surface area (Å²) >= 11 is 6.19. The summed E-state index contributed by atoms with van der Waals surface area (Å²) < 4.78 is 0. The van der Waals surface area contributed by atoms with E-state index in [1.165, 1.54) is 11.3 Å². The molecule has 7 heteroatoms. The zero-order valence-corrected chi connectivity index (χ0v) is 11.0. The van der Waals surface area contributed by atoms with Crippen LogP contribution in [0.1, 0.15) is 18.9 Å². The summed E-state index contributed by atoms with van der Waals surface area (Å²) in [6.07, 6.45) is 0. The van der Waals surface area contributed by atoms with Crippen LogP contribution in [0.2, 0.25) is 0 Å². The fraction of sp³-hybridized carbons (Fsp3) is 0.556. The van der Waals surface area contributed by atoms with E-state index < -0.39 is 5.92 Å². The van der Waals surface area contributed by atoms with E-state index in [0.717, 1.165) is 5.01 Å². The zero-order valence-electron chi connectivity index (χ0n) is 9.35. The monoisotopic (exact) mass is 258 g/mol. The van der Waals surface area contributed by atoms with Crippen molar-refractivity contribution in [2.45, 2.75) is 20.8 Å². The van der Waals surface area contributed by atoms with E-state index in [4.69, 9.17) is 18.0 Å². The highest BCUT2D eigenvalue weighted by molar-refractivity contribution is 7.80. The molecular weight excluding hydrogens is 244 g/mol. The van der Waals surface area contributed by atoms with E-state index in [1.54, 1.807) is 0 Å². The molecule has 0 bridgehead atoms. The number of carbonyl (C=O) groups excluding carboxylic acids is 1. The Morgan fingerprint density at radius 2 is 2.12 bits per heavy atom. The van der Waals surface area contributed by atoms with Crippen LogP contribution in [0.15, 0.2) is 0 Å². The summed E-state index contributed by atoms with van der Waals surface area (Å²) in [5.41, 5.74) is 5.54. The summed E-state index contributed by atoms with van der Waals surface area (Å²) in [6, 6.07) is 0. The second-order valence-corrected chi connectivity index (χ2v) is 5.39. The first-order chi connectivity index (χ1) is 7.41. The molecule has 3 N–H and O–H groups in total. The van der Waals surface area contributed by atoms with Gasteiger partial charge < -0.3 is 5.73 Å². The van der Waals surface area contributed by atoms with Gasteiger partial charge in [-0.2, -0.15) is 0 Å². The second kappa shape index (κ2) is 5.31. The van der Waals surface area contributed by atoms with Crippen molar-refractivity contribution < 1.29 is 4.79 Å². The average Bonchev–Trinajstić information content (AvgIpc) is 2.49. The zero-order chi connectivity index (χ0) is 12.3. The molecule has 0 saturated carbocycles. The minimum atomic E-state index is -0.473. The van der Waals surface area contributed by atoms with Crippen LogP contribution >= 0.6 is 23.6 Å². The van der Waals surface area contributed by atoms with E-state index >= 15 is 0 Å². The first-order valence-electron chi connectivity index (χ1n) is 4.82. The average molecular weight is 258 g/mol. The van der Waals surface area contributed by atoms with Crippen LogP contribution in [0.3, 0.4) is 0 Å². The molecule has 88 valence electrons. The Bertz CT molecular complexity index is 402. The molecule has 0 saturated heterocycles. The second-order valence-electron chi connectivity index (χ2n) is 3.74. The van der Waals surface area contributed by atoms with Gasteiger partial charge in [0.2, 0.25) is 11.0 Å². The molecule has 1 rings (SSSR count). The highest BCUT2D eigenvalue weighted by Gasteiger charge is 2.25. The number of hydrogen-bond donors (Lipinski definition) is 2. The molecule has 0 aliphatic rings. The van der Waals surface area contributed by atoms with Gasteiger partial charge in [0.25, 0.3) is 0 Å². The number of anilines is 1. The maximum Gasteiger partial charge on any atom is 0.236 e. The number of hydrogen-bond acceptors (Lipinski definition) is 5. The number of nitrogens with two attached hydrogens (primary N) is 1. The molecule has 1 aromatic heterocycles. The number of aryl methyl sites for hydroxylation is 1. The number of aromatic nitrogens is 2. The Morgan fingerprint density at radius 1 is 1.50 bits per heavy atom. The third-order valence-corrected chi connectivity index (χ3v) is 3.02. The first-order valence-corrected chi connectivity index (χ1v) is 6.04. The topological polar surface area (TPSA) is 80.9 Å². The summed E-state index contributed by atoms with van der Waals surface area (Å²) in [5.74, 6) is -0.635. The third kappa shape index (κ3) is 3.21. The Balaban J connectivity index is 2.73. The third-order valence-electron chi connectivity index (χ3n) is 2.01. The number of thiocarbonyl (C=S) groups is 1. The Hall–Kier alpha value is -1.08. The molecule has 0 aliphatic carbocycles. The van der Waals surface area contributed by atoms with Gasteiger partial charge in [-0.1, -0.05) is 37.4 Å². The lowest BCUT2D eigenvalue weighted by atomic mass is 9.95. The number of nitrogens with one attached hydrogen (secondary N) is 1. The van der Waals surface area contributed by atoms with E-state index in [2.05, 4.69) is 15.5 Å². The highest BCUT2D eigenvalue weighted by Crippen LogP contribution is 2.18. The van der Waals surface area contributed by atoms with Crippen LogP contribution in [0.4, 0.5) is 5.13 Å². The predicted molar refractivity (Wildman–Crippen MR) is 68.4 cm³/mol. The SMILES string of the molecule is Cc1nnc(NC(=O)C(C(N)=S)C(C)C)s1. The van der Waals surface area contributed by atoms with Gasteiger partial charge in [0.05, 0.1) is 10.9 Å². The van der Waals surface area contributed by atoms with E-state index in [-0.39, 0.29) is 16.8 Å². The summed E-state index contributed by atoms with van der Waals surface area (Å²) in [7, 11) is 0. The number of carbonyl (C=O) groups is 1. The van der Waals surface area contributed by atoms with Crippen molar-refractivity contribution in [2.75, 3.05) is 5.32 Å². The molecule has 1 unspecified atom stereocenters. The molecule has 16 heavy (non-hydrogen) atoms. The normalized spacial score (nSPS) is 12.5. The van der Waals surface area contributed by atoms with Crippen molar-refractivity contribution in [2.24, 2.45) is 17.6 Å². The Kier molecular flexibility index (Phi) is 4.31. The lowest BCUT2D eigenvalue weighted by Gasteiger charge is -2.17. The molecule has 0 radical (unpaired) electrons. The van der Waals surface area contributed by atoms with Gasteiger partial charge in [-0.15, -0.1) is 10.2 Å². The predicted octanol–water partition coefficient (Wildman–Crippen LogP) is 1.34. The van der Waals surface area contributed by atoms with Crippen molar-refractivity contribution in [1.29, 1.82) is 0 Å². The van der Waals surface area contributed by atoms with E-state index in [1.807, 2.05) is 20.8 Å². The van der Waals surface area contributed by atoms with Crippen LogP contribution in [-0.2, 0) is 4.79 Å². The van der Waals surface area contributed by atoms with Crippen molar-refractivity contribution in [1.82, 2.24) is 10.2 Å². The van der Waals surface area contributed by atoms with Crippen molar-refractivity contribution in [3.05, 3.63) is 5.01 Å². The van der Waals surface area contributed by atoms with Gasteiger partial charge in [-0.25, -0.2) is 0 Å². The minimum absolute atomic E-state index is 0.0616. The fourth-order valence-corrected chi connectivity index (χ4v) is 2.26. The molecule has 0 spiro atoms.